The van der Waals surface area contributed by atoms with Crippen molar-refractivity contribution in [3.63, 3.8) is 0 Å². The van der Waals surface area contributed by atoms with E-state index in [1.54, 1.807) is 0 Å². The monoisotopic (exact) mass is 275 g/mol. The van der Waals surface area contributed by atoms with Gasteiger partial charge < -0.3 is 16.0 Å². The Bertz CT molecular complexity index is 552. The van der Waals surface area contributed by atoms with Crippen LogP contribution in [0.2, 0.25) is 0 Å². The molecule has 0 aliphatic heterocycles. The molecule has 1 atom stereocenters. The molecular weight excluding hydrogens is 258 g/mol. The second-order valence-corrected chi connectivity index (χ2v) is 5.41. The summed E-state index contributed by atoms with van der Waals surface area (Å²) in [6.07, 6.45) is 0. The van der Waals surface area contributed by atoms with Crippen molar-refractivity contribution in [2.45, 2.75) is 6.04 Å². The number of hydrogen-bond donors (Lipinski definition) is 2. The van der Waals surface area contributed by atoms with Crippen molar-refractivity contribution in [2.75, 3.05) is 24.3 Å². The number of nitrogens with two attached hydrogens (primary N) is 1. The molecule has 19 heavy (non-hydrogen) atoms. The average Bonchev–Trinajstić information content (AvgIpc) is 2.92. The van der Waals surface area contributed by atoms with Crippen LogP contribution >= 0.6 is 11.3 Å². The van der Waals surface area contributed by atoms with E-state index in [0.717, 1.165) is 16.3 Å². The number of nitrogens with zero attached hydrogens (tertiary/aromatic N) is 1. The van der Waals surface area contributed by atoms with E-state index in [0.29, 0.717) is 0 Å². The Balaban J connectivity index is 2.08. The van der Waals surface area contributed by atoms with E-state index in [1.807, 2.05) is 60.8 Å². The van der Waals surface area contributed by atoms with E-state index in [-0.39, 0.29) is 5.91 Å². The van der Waals surface area contributed by atoms with Crippen molar-refractivity contribution in [2.24, 2.45) is 5.73 Å². The highest BCUT2D eigenvalue weighted by atomic mass is 32.1. The fourth-order valence-corrected chi connectivity index (χ4v) is 2.40. The first-order valence-electron chi connectivity index (χ1n) is 5.95. The second kappa shape index (κ2) is 5.86. The van der Waals surface area contributed by atoms with Gasteiger partial charge in [-0.25, -0.2) is 0 Å². The zero-order valence-electron chi connectivity index (χ0n) is 11.0. The molecule has 0 aliphatic carbocycles. The fraction of sp³-hybridized carbons (Fsp3) is 0.214. The zero-order valence-corrected chi connectivity index (χ0v) is 11.8. The van der Waals surface area contributed by atoms with E-state index in [1.165, 1.54) is 11.3 Å². The molecule has 0 saturated heterocycles. The van der Waals surface area contributed by atoms with E-state index in [2.05, 4.69) is 5.32 Å². The lowest BCUT2D eigenvalue weighted by molar-refractivity contribution is -0.117. The summed E-state index contributed by atoms with van der Waals surface area (Å²) in [5, 5.41) is 4.75. The first kappa shape index (κ1) is 13.6. The third-order valence-electron chi connectivity index (χ3n) is 2.76. The molecule has 1 unspecified atom stereocenters. The van der Waals surface area contributed by atoms with Crippen molar-refractivity contribution >= 4 is 28.6 Å². The van der Waals surface area contributed by atoms with Crippen LogP contribution in [0.5, 0.6) is 0 Å². The first-order valence-corrected chi connectivity index (χ1v) is 6.83. The Hall–Kier alpha value is -1.85. The molecule has 1 amide bonds. The summed E-state index contributed by atoms with van der Waals surface area (Å²) in [4.78, 5) is 14.9. The van der Waals surface area contributed by atoms with Gasteiger partial charge in [0.25, 0.3) is 0 Å². The van der Waals surface area contributed by atoms with Crippen LogP contribution in [0.1, 0.15) is 10.9 Å². The molecule has 0 bridgehead atoms. The molecule has 0 fully saturated rings. The van der Waals surface area contributed by atoms with Crippen molar-refractivity contribution < 1.29 is 4.79 Å². The highest BCUT2D eigenvalue weighted by Crippen LogP contribution is 2.21. The zero-order chi connectivity index (χ0) is 13.8. The van der Waals surface area contributed by atoms with E-state index >= 15 is 0 Å². The van der Waals surface area contributed by atoms with Gasteiger partial charge in [0.05, 0.1) is 0 Å². The minimum atomic E-state index is -0.622. The van der Waals surface area contributed by atoms with Gasteiger partial charge in [0.1, 0.15) is 6.04 Å². The lowest BCUT2D eigenvalue weighted by Crippen LogP contribution is -2.27. The highest BCUT2D eigenvalue weighted by molar-refractivity contribution is 7.10. The van der Waals surface area contributed by atoms with Crippen molar-refractivity contribution in [1.82, 2.24) is 0 Å². The third-order valence-corrected chi connectivity index (χ3v) is 3.72. The van der Waals surface area contributed by atoms with Crippen LogP contribution in [0.25, 0.3) is 0 Å². The molecule has 2 rings (SSSR count). The lowest BCUT2D eigenvalue weighted by Gasteiger charge is -2.15. The maximum atomic E-state index is 12.0. The number of thiophene rings is 1. The number of rotatable bonds is 4. The van der Waals surface area contributed by atoms with Crippen LogP contribution in [0, 0.1) is 0 Å². The Morgan fingerprint density at radius 3 is 2.74 bits per heavy atom. The predicted octanol–water partition coefficient (Wildman–Crippen LogP) is 2.45. The second-order valence-electron chi connectivity index (χ2n) is 4.43. The van der Waals surface area contributed by atoms with Crippen molar-refractivity contribution in [3.05, 3.63) is 46.7 Å². The van der Waals surface area contributed by atoms with Crippen molar-refractivity contribution in [1.29, 1.82) is 0 Å². The Labute approximate surface area is 116 Å². The van der Waals surface area contributed by atoms with Crippen LogP contribution in [-0.4, -0.2) is 20.0 Å². The van der Waals surface area contributed by atoms with Gasteiger partial charge >= 0.3 is 0 Å². The predicted molar refractivity (Wildman–Crippen MR) is 80.6 cm³/mol. The summed E-state index contributed by atoms with van der Waals surface area (Å²) >= 11 is 1.48. The molecular formula is C14H17N3OS. The van der Waals surface area contributed by atoms with Crippen LogP contribution in [0.4, 0.5) is 11.4 Å². The molecule has 4 nitrogen and oxygen atoms in total. The summed E-state index contributed by atoms with van der Waals surface area (Å²) in [6.45, 7) is 0. The van der Waals surface area contributed by atoms with Gasteiger partial charge in [-0.05, 0) is 29.6 Å². The van der Waals surface area contributed by atoms with E-state index in [4.69, 9.17) is 5.73 Å². The minimum absolute atomic E-state index is 0.196. The molecule has 100 valence electrons. The van der Waals surface area contributed by atoms with Gasteiger partial charge in [-0.3, -0.25) is 4.79 Å². The van der Waals surface area contributed by atoms with Crippen molar-refractivity contribution in [3.8, 4) is 0 Å². The van der Waals surface area contributed by atoms with Crippen LogP contribution in [0.15, 0.2) is 41.8 Å². The number of hydrogen-bond acceptors (Lipinski definition) is 4. The van der Waals surface area contributed by atoms with Gasteiger partial charge in [0, 0.05) is 30.3 Å². The number of carbonyl (C=O) groups excluding carboxylic acids is 1. The molecule has 1 heterocycles. The largest absolute Gasteiger partial charge is 0.378 e. The maximum Gasteiger partial charge on any atom is 0.246 e. The molecule has 1 aromatic heterocycles. The molecule has 3 N–H and O–H groups in total. The molecule has 5 heteroatoms. The Kier molecular flexibility index (Phi) is 4.19. The molecule has 0 radical (unpaired) electrons. The van der Waals surface area contributed by atoms with Gasteiger partial charge in [-0.15, -0.1) is 11.3 Å². The summed E-state index contributed by atoms with van der Waals surface area (Å²) in [6, 6.07) is 10.8. The average molecular weight is 275 g/mol. The maximum absolute atomic E-state index is 12.0. The lowest BCUT2D eigenvalue weighted by atomic mass is 10.2. The summed E-state index contributed by atoms with van der Waals surface area (Å²) in [7, 11) is 3.91. The number of amides is 1. The molecule has 1 aromatic carbocycles. The van der Waals surface area contributed by atoms with Gasteiger partial charge in [-0.2, -0.15) is 0 Å². The number of carbonyl (C=O) groups is 1. The Morgan fingerprint density at radius 2 is 2.11 bits per heavy atom. The van der Waals surface area contributed by atoms with Gasteiger partial charge in [0.15, 0.2) is 0 Å². The standard InChI is InChI=1S/C14H17N3OS/c1-17(2)11-6-3-5-10(9-11)16-14(18)13(15)12-7-4-8-19-12/h3-9,13H,15H2,1-2H3,(H,16,18). The molecule has 2 aromatic rings. The number of anilines is 2. The highest BCUT2D eigenvalue weighted by Gasteiger charge is 2.16. The quantitative estimate of drug-likeness (QED) is 0.901. The van der Waals surface area contributed by atoms with Crippen LogP contribution in [-0.2, 0) is 4.79 Å². The normalized spacial score (nSPS) is 11.9. The van der Waals surface area contributed by atoms with Crippen LogP contribution in [0.3, 0.4) is 0 Å². The first-order chi connectivity index (χ1) is 9.08. The van der Waals surface area contributed by atoms with Gasteiger partial charge in [0.2, 0.25) is 5.91 Å². The van der Waals surface area contributed by atoms with Gasteiger partial charge in [-0.1, -0.05) is 12.1 Å². The fourth-order valence-electron chi connectivity index (χ4n) is 1.68. The van der Waals surface area contributed by atoms with E-state index in [9.17, 15) is 4.79 Å². The Morgan fingerprint density at radius 1 is 1.32 bits per heavy atom. The topological polar surface area (TPSA) is 58.4 Å². The number of benzene rings is 1. The summed E-state index contributed by atoms with van der Waals surface area (Å²) in [5.41, 5.74) is 7.70. The molecule has 0 aliphatic rings. The summed E-state index contributed by atoms with van der Waals surface area (Å²) in [5.74, 6) is -0.196. The smallest absolute Gasteiger partial charge is 0.246 e. The minimum Gasteiger partial charge on any atom is -0.378 e. The molecule has 0 saturated carbocycles. The summed E-state index contributed by atoms with van der Waals surface area (Å²) < 4.78 is 0. The SMILES string of the molecule is CN(C)c1cccc(NC(=O)C(N)c2cccs2)c1. The third kappa shape index (κ3) is 3.33. The van der Waals surface area contributed by atoms with Crippen LogP contribution < -0.4 is 16.0 Å². The van der Waals surface area contributed by atoms with E-state index < -0.39 is 6.04 Å². The molecule has 0 spiro atoms. The number of nitrogens with one attached hydrogen (secondary N) is 1.